The maximum atomic E-state index is 5.96. The van der Waals surface area contributed by atoms with E-state index in [0.717, 1.165) is 32.6 Å². The monoisotopic (exact) mass is 259 g/mol. The molecule has 2 rings (SSSR count). The average Bonchev–Trinajstić information content (AvgIpc) is 2.32. The van der Waals surface area contributed by atoms with Crippen LogP contribution in [-0.4, -0.2) is 19.3 Å². The summed E-state index contributed by atoms with van der Waals surface area (Å²) < 4.78 is 5.31. The van der Waals surface area contributed by atoms with Gasteiger partial charge >= 0.3 is 0 Å². The maximum Gasteiger partial charge on any atom is 0.0595 e. The van der Waals surface area contributed by atoms with Crippen LogP contribution in [0.2, 0.25) is 10.0 Å². The Bertz CT molecular complexity index is 351. The Kier molecular flexibility index (Phi) is 4.47. The predicted molar refractivity (Wildman–Crippen MR) is 67.1 cm³/mol. The first-order chi connectivity index (χ1) is 7.75. The van der Waals surface area contributed by atoms with Crippen LogP contribution in [0.4, 0.5) is 0 Å². The van der Waals surface area contributed by atoms with E-state index in [2.05, 4.69) is 5.32 Å². The van der Waals surface area contributed by atoms with Gasteiger partial charge in [-0.15, -0.1) is 0 Å². The molecule has 0 aliphatic carbocycles. The molecule has 1 aliphatic heterocycles. The minimum absolute atomic E-state index is 0.559. The zero-order valence-corrected chi connectivity index (χ0v) is 10.5. The second-order valence-electron chi connectivity index (χ2n) is 4.02. The topological polar surface area (TPSA) is 21.3 Å². The summed E-state index contributed by atoms with van der Waals surface area (Å²) in [7, 11) is 0. The predicted octanol–water partition coefficient (Wildman–Crippen LogP) is 3.26. The molecule has 0 bridgehead atoms. The zero-order chi connectivity index (χ0) is 11.4. The SMILES string of the molecule is Clc1ccc(CNC2CCOCC2)cc1Cl. The standard InChI is InChI=1S/C12H15Cl2NO/c13-11-2-1-9(7-12(11)14)8-15-10-3-5-16-6-4-10/h1-2,7,10,15H,3-6,8H2. The van der Waals surface area contributed by atoms with Crippen molar-refractivity contribution in [3.63, 3.8) is 0 Å². The molecule has 88 valence electrons. The Labute approximate surface area is 106 Å². The van der Waals surface area contributed by atoms with Crippen LogP contribution in [0.3, 0.4) is 0 Å². The van der Waals surface area contributed by atoms with Crippen LogP contribution >= 0.6 is 23.2 Å². The largest absolute Gasteiger partial charge is 0.381 e. The highest BCUT2D eigenvalue weighted by atomic mass is 35.5. The molecular weight excluding hydrogens is 245 g/mol. The van der Waals surface area contributed by atoms with E-state index in [1.165, 1.54) is 5.56 Å². The third kappa shape index (κ3) is 3.36. The zero-order valence-electron chi connectivity index (χ0n) is 9.01. The van der Waals surface area contributed by atoms with Crippen LogP contribution in [0, 0.1) is 0 Å². The molecule has 0 atom stereocenters. The van der Waals surface area contributed by atoms with Gasteiger partial charge < -0.3 is 10.1 Å². The van der Waals surface area contributed by atoms with Gasteiger partial charge in [-0.05, 0) is 30.5 Å². The van der Waals surface area contributed by atoms with Crippen molar-refractivity contribution >= 4 is 23.2 Å². The molecule has 0 spiro atoms. The summed E-state index contributed by atoms with van der Waals surface area (Å²) in [6.45, 7) is 2.56. The minimum Gasteiger partial charge on any atom is -0.381 e. The molecule has 1 aromatic rings. The molecule has 0 unspecified atom stereocenters. The summed E-state index contributed by atoms with van der Waals surface area (Å²) in [5.41, 5.74) is 1.17. The molecule has 1 aliphatic rings. The first-order valence-electron chi connectivity index (χ1n) is 5.51. The molecule has 2 nitrogen and oxygen atoms in total. The fraction of sp³-hybridized carbons (Fsp3) is 0.500. The number of hydrogen-bond donors (Lipinski definition) is 1. The fourth-order valence-corrected chi connectivity index (χ4v) is 2.13. The third-order valence-corrected chi connectivity index (χ3v) is 3.54. The van der Waals surface area contributed by atoms with E-state index in [1.54, 1.807) is 0 Å². The fourth-order valence-electron chi connectivity index (χ4n) is 1.81. The number of rotatable bonds is 3. The Morgan fingerprint density at radius 1 is 1.19 bits per heavy atom. The van der Waals surface area contributed by atoms with Crippen LogP contribution in [0.25, 0.3) is 0 Å². The van der Waals surface area contributed by atoms with Gasteiger partial charge in [0.25, 0.3) is 0 Å². The molecule has 1 fully saturated rings. The van der Waals surface area contributed by atoms with Crippen molar-refractivity contribution < 1.29 is 4.74 Å². The molecule has 1 heterocycles. The Balaban J connectivity index is 1.86. The molecule has 0 saturated carbocycles. The van der Waals surface area contributed by atoms with Crippen LogP contribution in [0.5, 0.6) is 0 Å². The second kappa shape index (κ2) is 5.87. The highest BCUT2D eigenvalue weighted by Gasteiger charge is 2.12. The van der Waals surface area contributed by atoms with E-state index >= 15 is 0 Å². The molecule has 0 aromatic heterocycles. The van der Waals surface area contributed by atoms with Crippen molar-refractivity contribution in [3.05, 3.63) is 33.8 Å². The van der Waals surface area contributed by atoms with Crippen LogP contribution < -0.4 is 5.32 Å². The summed E-state index contributed by atoms with van der Waals surface area (Å²) in [6, 6.07) is 6.31. The van der Waals surface area contributed by atoms with E-state index < -0.39 is 0 Å². The maximum absolute atomic E-state index is 5.96. The van der Waals surface area contributed by atoms with E-state index in [0.29, 0.717) is 16.1 Å². The molecule has 1 N–H and O–H groups in total. The number of nitrogens with one attached hydrogen (secondary N) is 1. The van der Waals surface area contributed by atoms with E-state index in [1.807, 2.05) is 18.2 Å². The molecular formula is C12H15Cl2NO. The van der Waals surface area contributed by atoms with Gasteiger partial charge in [-0.3, -0.25) is 0 Å². The van der Waals surface area contributed by atoms with Crippen LogP contribution in [-0.2, 0) is 11.3 Å². The molecule has 16 heavy (non-hydrogen) atoms. The quantitative estimate of drug-likeness (QED) is 0.900. The molecule has 4 heteroatoms. The van der Waals surface area contributed by atoms with Gasteiger partial charge in [-0.1, -0.05) is 29.3 Å². The lowest BCUT2D eigenvalue weighted by atomic mass is 10.1. The normalized spacial score (nSPS) is 17.6. The summed E-state index contributed by atoms with van der Waals surface area (Å²) in [5, 5.41) is 4.73. The third-order valence-electron chi connectivity index (χ3n) is 2.80. The average molecular weight is 260 g/mol. The van der Waals surface area contributed by atoms with E-state index in [9.17, 15) is 0 Å². The number of halogens is 2. The number of benzene rings is 1. The van der Waals surface area contributed by atoms with Crippen molar-refractivity contribution in [3.8, 4) is 0 Å². The van der Waals surface area contributed by atoms with Gasteiger partial charge in [0.05, 0.1) is 10.0 Å². The van der Waals surface area contributed by atoms with Gasteiger partial charge in [-0.25, -0.2) is 0 Å². The highest BCUT2D eigenvalue weighted by molar-refractivity contribution is 6.42. The van der Waals surface area contributed by atoms with Gasteiger partial charge in [0.15, 0.2) is 0 Å². The highest BCUT2D eigenvalue weighted by Crippen LogP contribution is 2.22. The minimum atomic E-state index is 0.559. The first-order valence-corrected chi connectivity index (χ1v) is 6.26. The Hall–Kier alpha value is -0.280. The Morgan fingerprint density at radius 3 is 2.62 bits per heavy atom. The van der Waals surface area contributed by atoms with Crippen LogP contribution in [0.1, 0.15) is 18.4 Å². The van der Waals surface area contributed by atoms with Crippen molar-refractivity contribution in [2.75, 3.05) is 13.2 Å². The van der Waals surface area contributed by atoms with Crippen molar-refractivity contribution in [1.29, 1.82) is 0 Å². The lowest BCUT2D eigenvalue weighted by Gasteiger charge is -2.23. The van der Waals surface area contributed by atoms with Crippen LogP contribution in [0.15, 0.2) is 18.2 Å². The van der Waals surface area contributed by atoms with E-state index in [-0.39, 0.29) is 0 Å². The van der Waals surface area contributed by atoms with Gasteiger partial charge in [0.1, 0.15) is 0 Å². The number of ether oxygens (including phenoxy) is 1. The summed E-state index contributed by atoms with van der Waals surface area (Å²) in [5.74, 6) is 0. The Morgan fingerprint density at radius 2 is 1.94 bits per heavy atom. The number of hydrogen-bond acceptors (Lipinski definition) is 2. The molecule has 0 radical (unpaired) electrons. The molecule has 0 amide bonds. The van der Waals surface area contributed by atoms with Gasteiger partial charge in [0.2, 0.25) is 0 Å². The summed E-state index contributed by atoms with van der Waals surface area (Å²) >= 11 is 11.8. The molecule has 1 saturated heterocycles. The van der Waals surface area contributed by atoms with Gasteiger partial charge in [0, 0.05) is 25.8 Å². The summed E-state index contributed by atoms with van der Waals surface area (Å²) in [6.07, 6.45) is 2.17. The smallest absolute Gasteiger partial charge is 0.0595 e. The van der Waals surface area contributed by atoms with Crippen molar-refractivity contribution in [2.24, 2.45) is 0 Å². The second-order valence-corrected chi connectivity index (χ2v) is 4.83. The van der Waals surface area contributed by atoms with Gasteiger partial charge in [-0.2, -0.15) is 0 Å². The van der Waals surface area contributed by atoms with Crippen molar-refractivity contribution in [1.82, 2.24) is 5.32 Å². The lowest BCUT2D eigenvalue weighted by molar-refractivity contribution is 0.0776. The lowest BCUT2D eigenvalue weighted by Crippen LogP contribution is -2.34. The van der Waals surface area contributed by atoms with Crippen molar-refractivity contribution in [2.45, 2.75) is 25.4 Å². The molecule has 1 aromatic carbocycles. The first kappa shape index (κ1) is 12.2. The summed E-state index contributed by atoms with van der Waals surface area (Å²) in [4.78, 5) is 0. The van der Waals surface area contributed by atoms with E-state index in [4.69, 9.17) is 27.9 Å².